The summed E-state index contributed by atoms with van der Waals surface area (Å²) in [6.07, 6.45) is 6.64. The van der Waals surface area contributed by atoms with E-state index in [1.165, 1.54) is 6.26 Å². The first kappa shape index (κ1) is 12.9. The summed E-state index contributed by atoms with van der Waals surface area (Å²) in [5.74, 6) is -0.252. The van der Waals surface area contributed by atoms with Crippen molar-refractivity contribution in [1.29, 1.82) is 0 Å². The molecule has 0 aliphatic heterocycles. The van der Waals surface area contributed by atoms with Crippen molar-refractivity contribution in [2.24, 2.45) is 0 Å². The van der Waals surface area contributed by atoms with Crippen LogP contribution < -0.4 is 0 Å². The zero-order chi connectivity index (χ0) is 11.0. The summed E-state index contributed by atoms with van der Waals surface area (Å²) >= 11 is 0. The van der Waals surface area contributed by atoms with E-state index < -0.39 is 0 Å². The number of ether oxygens (including phenoxy) is 1. The molecule has 0 fully saturated rings. The van der Waals surface area contributed by atoms with Gasteiger partial charge in [-0.15, -0.1) is 0 Å². The van der Waals surface area contributed by atoms with Crippen LogP contribution in [0.5, 0.6) is 0 Å². The minimum atomic E-state index is -0.252. The monoisotopic (exact) mass is 196 g/mol. The maximum Gasteiger partial charge on any atom is 0.338 e. The second kappa shape index (κ2) is 7.36. The number of hydrogen-bond donors (Lipinski definition) is 0. The first-order valence-corrected chi connectivity index (χ1v) is 5.09. The number of unbranched alkanes of at least 4 members (excludes halogenated alkanes) is 2. The van der Waals surface area contributed by atoms with Gasteiger partial charge in [0.1, 0.15) is 0 Å². The predicted molar refractivity (Wildman–Crippen MR) is 58.8 cm³/mol. The van der Waals surface area contributed by atoms with Crippen LogP contribution in [0.1, 0.15) is 47.0 Å². The third-order valence-electron chi connectivity index (χ3n) is 2.05. The lowest BCUT2D eigenvalue weighted by molar-refractivity contribution is -0.133. The summed E-state index contributed by atoms with van der Waals surface area (Å²) in [6.45, 7) is 7.71. The number of hydrogen-bond acceptors (Lipinski definition) is 2. The van der Waals surface area contributed by atoms with Crippen molar-refractivity contribution in [2.75, 3.05) is 0 Å². The second-order valence-electron chi connectivity index (χ2n) is 3.54. The Labute approximate surface area is 86.6 Å². The van der Waals surface area contributed by atoms with Gasteiger partial charge in [0, 0.05) is 5.57 Å². The Hall–Kier alpha value is -1.05. The zero-order valence-corrected chi connectivity index (χ0v) is 9.59. The molecule has 14 heavy (non-hydrogen) atoms. The number of carbonyl (C=O) groups excluding carboxylic acids is 1. The average molecular weight is 196 g/mol. The Kier molecular flexibility index (Phi) is 6.81. The number of allylic oxidation sites excluding steroid dienone is 2. The highest BCUT2D eigenvalue weighted by molar-refractivity contribution is 5.88. The minimum Gasteiger partial charge on any atom is -0.431 e. The minimum absolute atomic E-state index is 0.252. The van der Waals surface area contributed by atoms with Crippen molar-refractivity contribution >= 4 is 5.97 Å². The molecule has 0 unspecified atom stereocenters. The van der Waals surface area contributed by atoms with Crippen LogP contribution in [0.4, 0.5) is 0 Å². The van der Waals surface area contributed by atoms with Gasteiger partial charge in [-0.05, 0) is 39.7 Å². The zero-order valence-electron chi connectivity index (χ0n) is 9.59. The van der Waals surface area contributed by atoms with Crippen LogP contribution in [-0.2, 0) is 9.53 Å². The summed E-state index contributed by atoms with van der Waals surface area (Å²) in [4.78, 5) is 11.3. The van der Waals surface area contributed by atoms with E-state index in [4.69, 9.17) is 4.74 Å². The molecule has 2 heteroatoms. The second-order valence-corrected chi connectivity index (χ2v) is 3.54. The van der Waals surface area contributed by atoms with E-state index in [-0.39, 0.29) is 5.97 Å². The van der Waals surface area contributed by atoms with Gasteiger partial charge in [0.05, 0.1) is 6.26 Å². The molecule has 0 saturated carbocycles. The lowest BCUT2D eigenvalue weighted by Gasteiger charge is -2.00. The molecule has 0 aromatic carbocycles. The lowest BCUT2D eigenvalue weighted by atomic mass is 10.2. The Morgan fingerprint density at radius 2 is 1.93 bits per heavy atom. The fraction of sp³-hybridized carbons (Fsp3) is 0.583. The van der Waals surface area contributed by atoms with Gasteiger partial charge < -0.3 is 4.74 Å². The number of carbonyl (C=O) groups is 1. The van der Waals surface area contributed by atoms with Gasteiger partial charge in [-0.2, -0.15) is 0 Å². The molecule has 0 aliphatic rings. The van der Waals surface area contributed by atoms with Gasteiger partial charge in [0.15, 0.2) is 0 Å². The molecule has 0 atom stereocenters. The maximum absolute atomic E-state index is 11.3. The molecule has 2 nitrogen and oxygen atoms in total. The molecule has 0 saturated heterocycles. The highest BCUT2D eigenvalue weighted by Crippen LogP contribution is 2.04. The largest absolute Gasteiger partial charge is 0.431 e. The molecule has 0 radical (unpaired) electrons. The molecule has 0 spiro atoms. The molecule has 0 heterocycles. The Morgan fingerprint density at radius 1 is 1.29 bits per heavy atom. The smallest absolute Gasteiger partial charge is 0.338 e. The van der Waals surface area contributed by atoms with Crippen molar-refractivity contribution in [3.8, 4) is 0 Å². The molecule has 0 rings (SSSR count). The van der Waals surface area contributed by atoms with Crippen molar-refractivity contribution in [3.05, 3.63) is 23.5 Å². The Balaban J connectivity index is 3.86. The molecular weight excluding hydrogens is 176 g/mol. The first-order valence-electron chi connectivity index (χ1n) is 5.09. The summed E-state index contributed by atoms with van der Waals surface area (Å²) in [6, 6.07) is 0. The number of rotatable bonds is 5. The fourth-order valence-corrected chi connectivity index (χ4v) is 0.792. The highest BCUT2D eigenvalue weighted by atomic mass is 16.5. The van der Waals surface area contributed by atoms with Gasteiger partial charge in [-0.1, -0.05) is 18.9 Å². The Morgan fingerprint density at radius 3 is 2.43 bits per heavy atom. The summed E-state index contributed by atoms with van der Waals surface area (Å²) in [7, 11) is 0. The summed E-state index contributed by atoms with van der Waals surface area (Å²) < 4.78 is 4.93. The van der Waals surface area contributed by atoms with Crippen molar-refractivity contribution in [3.63, 3.8) is 0 Å². The van der Waals surface area contributed by atoms with Gasteiger partial charge >= 0.3 is 5.97 Å². The molecule has 0 aliphatic carbocycles. The van der Waals surface area contributed by atoms with Crippen molar-refractivity contribution < 1.29 is 9.53 Å². The standard InChI is InChI=1S/C12H20O2/c1-5-6-7-8-9-14-12(13)11(4)10(2)3/h8-9H,5-7H2,1-4H3. The van der Waals surface area contributed by atoms with Crippen molar-refractivity contribution in [1.82, 2.24) is 0 Å². The third-order valence-corrected chi connectivity index (χ3v) is 2.05. The first-order chi connectivity index (χ1) is 6.59. The van der Waals surface area contributed by atoms with E-state index >= 15 is 0 Å². The highest BCUT2D eigenvalue weighted by Gasteiger charge is 2.04. The number of esters is 1. The quantitative estimate of drug-likeness (QED) is 0.291. The van der Waals surface area contributed by atoms with E-state index in [9.17, 15) is 4.79 Å². The van der Waals surface area contributed by atoms with E-state index in [1.807, 2.05) is 19.9 Å². The van der Waals surface area contributed by atoms with Crippen LogP contribution in [0.2, 0.25) is 0 Å². The third kappa shape index (κ3) is 5.57. The fourth-order valence-electron chi connectivity index (χ4n) is 0.792. The predicted octanol–water partition coefficient (Wildman–Crippen LogP) is 3.59. The summed E-state index contributed by atoms with van der Waals surface area (Å²) in [5, 5.41) is 0. The van der Waals surface area contributed by atoms with Gasteiger partial charge in [0.2, 0.25) is 0 Å². The normalized spacial score (nSPS) is 10.3. The van der Waals surface area contributed by atoms with E-state index in [2.05, 4.69) is 6.92 Å². The molecule has 0 bridgehead atoms. The van der Waals surface area contributed by atoms with E-state index in [0.717, 1.165) is 24.8 Å². The van der Waals surface area contributed by atoms with Gasteiger partial charge in [-0.25, -0.2) is 4.79 Å². The van der Waals surface area contributed by atoms with Crippen LogP contribution in [0.15, 0.2) is 23.5 Å². The molecule has 0 amide bonds. The average Bonchev–Trinajstić information content (AvgIpc) is 2.16. The maximum atomic E-state index is 11.3. The SMILES string of the molecule is CCCCC=COC(=O)C(C)=C(C)C. The van der Waals surface area contributed by atoms with Crippen LogP contribution in [0.25, 0.3) is 0 Å². The Bertz CT molecular complexity index is 233. The van der Waals surface area contributed by atoms with Crippen LogP contribution >= 0.6 is 0 Å². The van der Waals surface area contributed by atoms with E-state index in [1.54, 1.807) is 6.92 Å². The molecule has 0 N–H and O–H groups in total. The molecular formula is C12H20O2. The molecule has 0 aromatic rings. The summed E-state index contributed by atoms with van der Waals surface area (Å²) in [5.41, 5.74) is 1.68. The van der Waals surface area contributed by atoms with Crippen LogP contribution in [0, 0.1) is 0 Å². The van der Waals surface area contributed by atoms with Gasteiger partial charge in [-0.3, -0.25) is 0 Å². The van der Waals surface area contributed by atoms with Crippen molar-refractivity contribution in [2.45, 2.75) is 47.0 Å². The van der Waals surface area contributed by atoms with E-state index in [0.29, 0.717) is 5.57 Å². The molecule has 80 valence electrons. The van der Waals surface area contributed by atoms with Gasteiger partial charge in [0.25, 0.3) is 0 Å². The topological polar surface area (TPSA) is 26.3 Å². The molecule has 0 aromatic heterocycles. The van der Waals surface area contributed by atoms with Crippen LogP contribution in [-0.4, -0.2) is 5.97 Å². The van der Waals surface area contributed by atoms with Crippen LogP contribution in [0.3, 0.4) is 0 Å². The lowest BCUT2D eigenvalue weighted by Crippen LogP contribution is -2.02.